The van der Waals surface area contributed by atoms with Crippen molar-refractivity contribution in [2.24, 2.45) is 28.6 Å². The van der Waals surface area contributed by atoms with Crippen LogP contribution < -0.4 is 10.6 Å². The first-order chi connectivity index (χ1) is 12.5. The van der Waals surface area contributed by atoms with Gasteiger partial charge in [0.15, 0.2) is 11.6 Å². The minimum atomic E-state index is -0.764. The molecule has 7 heteroatoms. The number of amides is 2. The van der Waals surface area contributed by atoms with Crippen LogP contribution in [-0.2, 0) is 19.2 Å². The van der Waals surface area contributed by atoms with E-state index in [9.17, 15) is 24.3 Å². The van der Waals surface area contributed by atoms with Crippen LogP contribution in [0, 0.1) is 28.6 Å². The average Bonchev–Trinajstić information content (AvgIpc) is 2.45. The van der Waals surface area contributed by atoms with E-state index in [1.807, 2.05) is 34.6 Å². The zero-order valence-electron chi connectivity index (χ0n) is 18.5. The van der Waals surface area contributed by atoms with E-state index in [-0.39, 0.29) is 46.7 Å². The van der Waals surface area contributed by atoms with Gasteiger partial charge < -0.3 is 15.7 Å². The highest BCUT2D eigenvalue weighted by atomic mass is 16.3. The van der Waals surface area contributed by atoms with Crippen molar-refractivity contribution < 1.29 is 24.3 Å². The van der Waals surface area contributed by atoms with E-state index in [0.717, 1.165) is 0 Å². The SMILES string of the molecule is CC(C)[C@H]1C(=O)N[C@@H]1C(=O)C(C)(C)C.C[C@@H](O)[C@H]1C(=O)N[C@@H]1C(=O)C(C)(C)C. The van der Waals surface area contributed by atoms with Crippen LogP contribution in [0.1, 0.15) is 62.3 Å². The minimum Gasteiger partial charge on any atom is -0.392 e. The molecule has 2 amide bonds. The van der Waals surface area contributed by atoms with Gasteiger partial charge in [-0.15, -0.1) is 0 Å². The third-order valence-corrected chi connectivity index (χ3v) is 5.20. The predicted molar refractivity (Wildman–Crippen MR) is 106 cm³/mol. The van der Waals surface area contributed by atoms with E-state index in [4.69, 9.17) is 0 Å². The Morgan fingerprint density at radius 3 is 1.32 bits per heavy atom. The molecule has 2 rings (SSSR count). The molecule has 0 saturated carbocycles. The van der Waals surface area contributed by atoms with Gasteiger partial charge in [-0.05, 0) is 12.8 Å². The Hall–Kier alpha value is -1.76. The smallest absolute Gasteiger partial charge is 0.228 e. The summed E-state index contributed by atoms with van der Waals surface area (Å²) in [6.07, 6.45) is -0.764. The Morgan fingerprint density at radius 2 is 1.11 bits per heavy atom. The topological polar surface area (TPSA) is 113 Å². The van der Waals surface area contributed by atoms with E-state index in [0.29, 0.717) is 0 Å². The van der Waals surface area contributed by atoms with E-state index >= 15 is 0 Å². The lowest BCUT2D eigenvalue weighted by Crippen LogP contribution is -2.66. The Labute approximate surface area is 168 Å². The highest BCUT2D eigenvalue weighted by Gasteiger charge is 2.49. The van der Waals surface area contributed by atoms with Crippen molar-refractivity contribution in [1.82, 2.24) is 10.6 Å². The zero-order chi connectivity index (χ0) is 22.2. The van der Waals surface area contributed by atoms with E-state index in [1.54, 1.807) is 20.8 Å². The van der Waals surface area contributed by atoms with Crippen LogP contribution >= 0.6 is 0 Å². The summed E-state index contributed by atoms with van der Waals surface area (Å²) in [5, 5.41) is 14.5. The molecule has 7 nitrogen and oxygen atoms in total. The second-order valence-electron chi connectivity index (χ2n) is 10.2. The van der Waals surface area contributed by atoms with Crippen molar-refractivity contribution in [2.45, 2.75) is 80.5 Å². The van der Waals surface area contributed by atoms with E-state index in [1.165, 1.54) is 6.92 Å². The maximum absolute atomic E-state index is 11.9. The van der Waals surface area contributed by atoms with E-state index < -0.39 is 23.5 Å². The molecule has 2 aliphatic heterocycles. The van der Waals surface area contributed by atoms with Gasteiger partial charge in [-0.2, -0.15) is 0 Å². The maximum atomic E-state index is 11.9. The van der Waals surface area contributed by atoms with Gasteiger partial charge in [-0.3, -0.25) is 19.2 Å². The normalized spacial score (nSPS) is 28.1. The number of hydrogen-bond acceptors (Lipinski definition) is 5. The summed E-state index contributed by atoms with van der Waals surface area (Å²) in [4.78, 5) is 46.0. The molecule has 0 aromatic carbocycles. The van der Waals surface area contributed by atoms with Crippen molar-refractivity contribution in [3.63, 3.8) is 0 Å². The number of hydrogen-bond donors (Lipinski definition) is 3. The number of ketones is 2. The molecule has 2 heterocycles. The molecule has 5 atom stereocenters. The van der Waals surface area contributed by atoms with Crippen LogP contribution in [0.15, 0.2) is 0 Å². The molecule has 0 aromatic heterocycles. The maximum Gasteiger partial charge on any atom is 0.228 e. The van der Waals surface area contributed by atoms with Gasteiger partial charge in [0.25, 0.3) is 0 Å². The highest BCUT2D eigenvalue weighted by molar-refractivity contribution is 6.03. The summed E-state index contributed by atoms with van der Waals surface area (Å²) < 4.78 is 0. The zero-order valence-corrected chi connectivity index (χ0v) is 18.5. The Balaban J connectivity index is 0.000000280. The molecule has 0 aliphatic carbocycles. The first kappa shape index (κ1) is 24.3. The number of Topliss-reactive ketones (excluding diaryl/α,β-unsaturated/α-hetero) is 2. The average molecular weight is 397 g/mol. The van der Waals surface area contributed by atoms with Gasteiger partial charge in [-0.1, -0.05) is 55.4 Å². The predicted octanol–water partition coefficient (Wildman–Crippen LogP) is 1.47. The molecular weight excluding hydrogens is 360 g/mol. The molecule has 0 aromatic rings. The number of rotatable bonds is 4. The summed E-state index contributed by atoms with van der Waals surface area (Å²) in [6, 6.07) is -0.773. The summed E-state index contributed by atoms with van der Waals surface area (Å²) in [5.41, 5.74) is -0.850. The molecule has 0 spiro atoms. The fraction of sp³-hybridized carbons (Fsp3) is 0.810. The fourth-order valence-electron chi connectivity index (χ4n) is 3.36. The van der Waals surface area contributed by atoms with Crippen molar-refractivity contribution in [2.75, 3.05) is 0 Å². The van der Waals surface area contributed by atoms with E-state index in [2.05, 4.69) is 10.6 Å². The molecule has 0 radical (unpaired) electrons. The lowest BCUT2D eigenvalue weighted by Gasteiger charge is -2.40. The molecule has 2 saturated heterocycles. The molecule has 0 unspecified atom stereocenters. The lowest BCUT2D eigenvalue weighted by molar-refractivity contribution is -0.150. The van der Waals surface area contributed by atoms with Crippen molar-refractivity contribution in [1.29, 1.82) is 0 Å². The van der Waals surface area contributed by atoms with Gasteiger partial charge >= 0.3 is 0 Å². The van der Waals surface area contributed by atoms with Gasteiger partial charge in [0, 0.05) is 10.8 Å². The summed E-state index contributed by atoms with van der Waals surface area (Å²) in [5.74, 6) is -0.562. The number of carbonyl (C=O) groups is 4. The Bertz CT molecular complexity index is 584. The van der Waals surface area contributed by atoms with Crippen molar-refractivity contribution in [3.8, 4) is 0 Å². The molecule has 160 valence electrons. The molecule has 3 N–H and O–H groups in total. The Kier molecular flexibility index (Phi) is 7.21. The largest absolute Gasteiger partial charge is 0.392 e. The number of nitrogens with one attached hydrogen (secondary N) is 2. The van der Waals surface area contributed by atoms with Crippen LogP contribution in [0.25, 0.3) is 0 Å². The van der Waals surface area contributed by atoms with Crippen molar-refractivity contribution >= 4 is 23.4 Å². The quantitative estimate of drug-likeness (QED) is 0.623. The molecule has 2 fully saturated rings. The minimum absolute atomic E-state index is 0.0163. The van der Waals surface area contributed by atoms with Crippen LogP contribution in [0.4, 0.5) is 0 Å². The lowest BCUT2D eigenvalue weighted by atomic mass is 9.73. The summed E-state index contributed by atoms with van der Waals surface area (Å²) in [7, 11) is 0. The van der Waals surface area contributed by atoms with Gasteiger partial charge in [0.1, 0.15) is 6.04 Å². The first-order valence-corrected chi connectivity index (χ1v) is 9.87. The van der Waals surface area contributed by atoms with Gasteiger partial charge in [0.05, 0.1) is 24.0 Å². The Morgan fingerprint density at radius 1 is 0.786 bits per heavy atom. The molecule has 2 aliphatic rings. The third kappa shape index (κ3) is 5.19. The summed E-state index contributed by atoms with van der Waals surface area (Å²) in [6.45, 7) is 16.6. The second kappa shape index (κ2) is 8.31. The van der Waals surface area contributed by atoms with Crippen LogP contribution in [0.2, 0.25) is 0 Å². The van der Waals surface area contributed by atoms with Crippen LogP contribution in [0.3, 0.4) is 0 Å². The number of β-lactam (4-membered cyclic amide) rings is 2. The van der Waals surface area contributed by atoms with Crippen LogP contribution in [0.5, 0.6) is 0 Å². The number of aliphatic hydroxyl groups is 1. The molecule has 28 heavy (non-hydrogen) atoms. The van der Waals surface area contributed by atoms with Gasteiger partial charge in [-0.25, -0.2) is 0 Å². The fourth-order valence-corrected chi connectivity index (χ4v) is 3.36. The molecular formula is C21H36N2O5. The summed E-state index contributed by atoms with van der Waals surface area (Å²) >= 11 is 0. The highest BCUT2D eigenvalue weighted by Crippen LogP contribution is 2.30. The first-order valence-electron chi connectivity index (χ1n) is 9.87. The van der Waals surface area contributed by atoms with Crippen molar-refractivity contribution in [3.05, 3.63) is 0 Å². The second-order valence-corrected chi connectivity index (χ2v) is 10.2. The van der Waals surface area contributed by atoms with Crippen LogP contribution in [-0.4, -0.2) is 46.7 Å². The number of carbonyl (C=O) groups excluding carboxylic acids is 4. The number of aliphatic hydroxyl groups excluding tert-OH is 1. The van der Waals surface area contributed by atoms with Gasteiger partial charge in [0.2, 0.25) is 11.8 Å². The monoisotopic (exact) mass is 396 g/mol. The molecule has 0 bridgehead atoms. The standard InChI is InChI=1S/C11H19NO2.C10H17NO3/c1-6(2)7-8(12-10(7)14)9(13)11(3,4)5;1-5(12)6-7(11-9(6)14)8(13)10(2,3)4/h6-8H,1-5H3,(H,12,14);5-7,12H,1-4H3,(H,11,14)/t7-,8+;5-,6-,7+/m11/s1. The third-order valence-electron chi connectivity index (χ3n) is 5.20.